The lowest BCUT2D eigenvalue weighted by molar-refractivity contribution is -0.648. The molecule has 0 spiro atoms. The van der Waals surface area contributed by atoms with Gasteiger partial charge in [0, 0.05) is 48.9 Å². The van der Waals surface area contributed by atoms with Crippen LogP contribution in [-0.2, 0) is 7.05 Å². The minimum atomic E-state index is -2.72. The summed E-state index contributed by atoms with van der Waals surface area (Å²) in [5.74, 6) is 0.226. The van der Waals surface area contributed by atoms with Gasteiger partial charge in [0.05, 0.1) is 23.3 Å². The lowest BCUT2D eigenvalue weighted by atomic mass is 9.85. The van der Waals surface area contributed by atoms with Crippen LogP contribution in [0.1, 0.15) is 34.9 Å². The number of rotatable bonds is 7. The number of likely N-dealkylation sites (tertiary alicyclic amines) is 1. The highest BCUT2D eigenvalue weighted by atomic mass is 19.3. The first kappa shape index (κ1) is 27.6. The third kappa shape index (κ3) is 5.25. The van der Waals surface area contributed by atoms with E-state index in [1.807, 2.05) is 60.1 Å². The van der Waals surface area contributed by atoms with E-state index in [1.165, 1.54) is 4.81 Å². The quantitative estimate of drug-likeness (QED) is 0.204. The van der Waals surface area contributed by atoms with E-state index in [4.69, 9.17) is 4.42 Å². The number of imidazole rings is 1. The number of oxazole rings is 1. The molecule has 2 unspecified atom stereocenters. The molecule has 1 amide bonds. The summed E-state index contributed by atoms with van der Waals surface area (Å²) in [6.45, 7) is 0.948. The maximum Gasteiger partial charge on any atom is 0.354 e. The molecule has 2 aliphatic rings. The van der Waals surface area contributed by atoms with E-state index in [2.05, 4.69) is 30.4 Å². The summed E-state index contributed by atoms with van der Waals surface area (Å²) < 4.78 is 34.5. The Hall–Kier alpha value is -5.20. The Kier molecular flexibility index (Phi) is 7.20. The summed E-state index contributed by atoms with van der Waals surface area (Å²) in [6, 6.07) is 18.4. The van der Waals surface area contributed by atoms with Crippen LogP contribution in [0.25, 0.3) is 33.8 Å². The number of nitrogens with zero attached hydrogens (tertiary/aromatic N) is 9. The Labute approximate surface area is 250 Å². The Morgan fingerprint density at radius 1 is 1.05 bits per heavy atom. The first-order valence-corrected chi connectivity index (χ1v) is 14.3. The largest absolute Gasteiger partial charge is 0.436 e. The molecule has 0 N–H and O–H groups in total. The first-order chi connectivity index (χ1) is 21.4. The van der Waals surface area contributed by atoms with Gasteiger partial charge in [-0.1, -0.05) is 30.3 Å². The molecule has 1 fully saturated rings. The summed E-state index contributed by atoms with van der Waals surface area (Å²) in [4.78, 5) is 29.8. The summed E-state index contributed by atoms with van der Waals surface area (Å²) >= 11 is 0. The summed E-state index contributed by atoms with van der Waals surface area (Å²) in [5.41, 5.74) is 5.11. The minimum absolute atomic E-state index is 0.0239. The van der Waals surface area contributed by atoms with Crippen LogP contribution in [0.2, 0.25) is 0 Å². The van der Waals surface area contributed by atoms with Gasteiger partial charge in [-0.15, -0.1) is 0 Å². The molecule has 0 radical (unpaired) electrons. The van der Waals surface area contributed by atoms with Crippen LogP contribution in [0.15, 0.2) is 99.3 Å². The molecule has 0 saturated carbocycles. The molecule has 2 aromatic carbocycles. The topological polar surface area (TPSA) is 117 Å². The number of aromatic nitrogens is 4. The third-order valence-corrected chi connectivity index (χ3v) is 8.11. The van der Waals surface area contributed by atoms with Crippen molar-refractivity contribution in [3.63, 3.8) is 0 Å². The van der Waals surface area contributed by atoms with Crippen molar-refractivity contribution in [3.05, 3.63) is 90.6 Å². The molecule has 222 valence electrons. The van der Waals surface area contributed by atoms with E-state index in [0.29, 0.717) is 54.2 Å². The van der Waals surface area contributed by atoms with Crippen molar-refractivity contribution in [1.29, 1.82) is 0 Å². The smallest absolute Gasteiger partial charge is 0.354 e. The van der Waals surface area contributed by atoms with Crippen LogP contribution in [0.4, 0.5) is 8.78 Å². The zero-order valence-electron chi connectivity index (χ0n) is 23.7. The predicted octanol–water partition coefficient (Wildman–Crippen LogP) is 6.32. The van der Waals surface area contributed by atoms with E-state index in [-0.39, 0.29) is 17.9 Å². The Balaban J connectivity index is 1.07. The molecule has 3 aromatic heterocycles. The Morgan fingerprint density at radius 3 is 2.59 bits per heavy atom. The normalized spacial score (nSPS) is 17.9. The summed E-state index contributed by atoms with van der Waals surface area (Å²) in [7, 11) is 1.93. The fourth-order valence-corrected chi connectivity index (χ4v) is 5.85. The average molecular weight is 597 g/mol. The number of halogens is 2. The van der Waals surface area contributed by atoms with Gasteiger partial charge in [-0.05, 0) is 53.1 Å². The number of aryl methyl sites for hydroxylation is 1. The lowest BCUT2D eigenvalue weighted by Crippen LogP contribution is -2.41. The van der Waals surface area contributed by atoms with Crippen molar-refractivity contribution < 1.29 is 22.8 Å². The van der Waals surface area contributed by atoms with E-state index >= 15 is 0 Å². The van der Waals surface area contributed by atoms with Crippen molar-refractivity contribution >= 4 is 17.0 Å². The number of benzene rings is 2. The molecular formula is C31H28F2N9O2+. The maximum atomic E-state index is 13.5. The highest BCUT2D eigenvalue weighted by molar-refractivity contribution is 5.93. The molecule has 0 aliphatic carbocycles. The van der Waals surface area contributed by atoms with Gasteiger partial charge in [0.1, 0.15) is 11.2 Å². The highest BCUT2D eigenvalue weighted by Crippen LogP contribution is 2.36. The molecule has 2 aliphatic heterocycles. The fourth-order valence-electron chi connectivity index (χ4n) is 5.85. The van der Waals surface area contributed by atoms with Crippen LogP contribution in [0, 0.1) is 5.92 Å². The van der Waals surface area contributed by atoms with Crippen molar-refractivity contribution in [2.75, 3.05) is 13.1 Å². The molecule has 44 heavy (non-hydrogen) atoms. The first-order valence-electron chi connectivity index (χ1n) is 14.3. The number of azo groups is 1. The van der Waals surface area contributed by atoms with Crippen molar-refractivity contribution in [3.8, 4) is 22.7 Å². The molecule has 11 nitrogen and oxygen atoms in total. The van der Waals surface area contributed by atoms with Crippen molar-refractivity contribution in [2.24, 2.45) is 28.4 Å². The van der Waals surface area contributed by atoms with Crippen molar-refractivity contribution in [2.45, 2.75) is 31.5 Å². The Morgan fingerprint density at radius 2 is 1.86 bits per heavy atom. The van der Waals surface area contributed by atoms with Crippen LogP contribution in [-0.4, -0.2) is 60.8 Å². The predicted molar refractivity (Wildman–Crippen MR) is 155 cm³/mol. The van der Waals surface area contributed by atoms with E-state index in [0.717, 1.165) is 16.8 Å². The molecule has 13 heteroatoms. The molecule has 2 atom stereocenters. The SMILES string of the molecule is Cn1cncc1-c1ccc2oc(-c3ccnc(C(=O)N4CCC(C(c5ccccc5)[N+]5=NC(C(F)F)N=N5)CC4)c3)nc2c1. The number of pyridine rings is 1. The second kappa shape index (κ2) is 11.5. The number of alkyl halides is 2. The second-order valence-electron chi connectivity index (χ2n) is 10.9. The number of piperidine rings is 1. The van der Waals surface area contributed by atoms with Crippen LogP contribution in [0.3, 0.4) is 0 Å². The maximum absolute atomic E-state index is 13.5. The van der Waals surface area contributed by atoms with Gasteiger partial charge in [-0.25, -0.2) is 18.7 Å². The van der Waals surface area contributed by atoms with E-state index < -0.39 is 12.6 Å². The lowest BCUT2D eigenvalue weighted by Gasteiger charge is -2.34. The van der Waals surface area contributed by atoms with Gasteiger partial charge in [0.25, 0.3) is 5.91 Å². The number of amides is 1. The van der Waals surface area contributed by atoms with Crippen LogP contribution in [0.5, 0.6) is 0 Å². The monoisotopic (exact) mass is 596 g/mol. The van der Waals surface area contributed by atoms with Gasteiger partial charge >= 0.3 is 12.6 Å². The number of hydrogen-bond donors (Lipinski definition) is 0. The fraction of sp³-hybridized carbons (Fsp3) is 0.290. The van der Waals surface area contributed by atoms with E-state index in [1.54, 1.807) is 35.8 Å². The number of carbonyl (C=O) groups excluding carboxylic acids is 1. The molecular weight excluding hydrogens is 568 g/mol. The zero-order chi connectivity index (χ0) is 30.2. The van der Waals surface area contributed by atoms with Gasteiger partial charge in [0.15, 0.2) is 16.8 Å². The minimum Gasteiger partial charge on any atom is -0.436 e. The number of carbonyl (C=O) groups is 1. The van der Waals surface area contributed by atoms with Crippen LogP contribution >= 0.6 is 0 Å². The Bertz CT molecular complexity index is 1880. The molecule has 5 aromatic rings. The van der Waals surface area contributed by atoms with Gasteiger partial charge < -0.3 is 13.9 Å². The summed E-state index contributed by atoms with van der Waals surface area (Å²) in [6.07, 6.45) is 2.17. The number of fused-ring (bicyclic) bond motifs is 1. The standard InChI is InChI=1S/C31H28F2N9O2/c1-40-18-34-17-25(40)21-7-8-26-23(15-21)36-30(44-26)22-9-12-35-24(16-22)31(43)41-13-10-20(11-14-41)27(19-5-3-2-4-6-19)42-38-29(28(32)33)37-39-42/h2-9,12,15-18,20,27-29H,10-11,13-14H2,1H3/q+1. The van der Waals surface area contributed by atoms with Gasteiger partial charge in [0.2, 0.25) is 5.89 Å². The van der Waals surface area contributed by atoms with Gasteiger partial charge in [-0.3, -0.25) is 9.78 Å². The van der Waals surface area contributed by atoms with E-state index in [9.17, 15) is 13.6 Å². The highest BCUT2D eigenvalue weighted by Gasteiger charge is 2.41. The zero-order valence-corrected chi connectivity index (χ0v) is 23.7. The molecule has 7 rings (SSSR count). The molecule has 5 heterocycles. The van der Waals surface area contributed by atoms with Gasteiger partial charge in [-0.2, -0.15) is 0 Å². The second-order valence-corrected chi connectivity index (χ2v) is 10.9. The number of hydrogen-bond acceptors (Lipinski definition) is 8. The molecule has 0 bridgehead atoms. The molecule has 1 saturated heterocycles. The third-order valence-electron chi connectivity index (χ3n) is 8.11. The summed E-state index contributed by atoms with van der Waals surface area (Å²) in [5, 5.41) is 11.7. The van der Waals surface area contributed by atoms with Crippen molar-refractivity contribution in [1.82, 2.24) is 24.4 Å². The average Bonchev–Trinajstić information content (AvgIpc) is 3.82. The van der Waals surface area contributed by atoms with Crippen LogP contribution < -0.4 is 0 Å².